The SMILES string of the molecule is Cn1c(=O)[nH]n([C@H]2C=CC=C[C@@H]2c2ccc3ccccc3c2)c1=O. The van der Waals surface area contributed by atoms with Gasteiger partial charge in [-0.2, -0.15) is 0 Å². The highest BCUT2D eigenvalue weighted by atomic mass is 16.2. The molecule has 2 atom stereocenters. The molecule has 24 heavy (non-hydrogen) atoms. The van der Waals surface area contributed by atoms with Gasteiger partial charge in [-0.15, -0.1) is 0 Å². The van der Waals surface area contributed by atoms with Crippen molar-refractivity contribution in [1.82, 2.24) is 14.3 Å². The van der Waals surface area contributed by atoms with E-state index in [4.69, 9.17) is 0 Å². The zero-order chi connectivity index (χ0) is 16.7. The molecule has 0 bridgehead atoms. The van der Waals surface area contributed by atoms with E-state index < -0.39 is 5.69 Å². The summed E-state index contributed by atoms with van der Waals surface area (Å²) in [5.41, 5.74) is 0.367. The summed E-state index contributed by atoms with van der Waals surface area (Å²) >= 11 is 0. The Bertz CT molecular complexity index is 1080. The van der Waals surface area contributed by atoms with Crippen LogP contribution in [0.1, 0.15) is 17.5 Å². The van der Waals surface area contributed by atoms with Gasteiger partial charge in [-0.3, -0.25) is 0 Å². The molecule has 0 fully saturated rings. The second-order valence-electron chi connectivity index (χ2n) is 6.02. The number of benzene rings is 2. The second-order valence-corrected chi connectivity index (χ2v) is 6.02. The fourth-order valence-corrected chi connectivity index (χ4v) is 3.24. The fourth-order valence-electron chi connectivity index (χ4n) is 3.24. The molecule has 0 saturated carbocycles. The number of nitrogens with one attached hydrogen (secondary N) is 1. The Morgan fingerprint density at radius 2 is 1.71 bits per heavy atom. The van der Waals surface area contributed by atoms with Crippen LogP contribution in [0.2, 0.25) is 0 Å². The van der Waals surface area contributed by atoms with Gasteiger partial charge in [0.15, 0.2) is 0 Å². The quantitative estimate of drug-likeness (QED) is 0.789. The molecule has 0 unspecified atom stereocenters. The lowest BCUT2D eigenvalue weighted by Gasteiger charge is -2.24. The molecule has 1 aromatic heterocycles. The zero-order valence-corrected chi connectivity index (χ0v) is 13.2. The maximum absolute atomic E-state index is 12.3. The molecule has 1 heterocycles. The molecule has 0 amide bonds. The van der Waals surface area contributed by atoms with Crippen LogP contribution in [-0.2, 0) is 7.05 Å². The predicted octanol–water partition coefficient (Wildman–Crippen LogP) is 2.48. The van der Waals surface area contributed by atoms with Crippen LogP contribution in [0.25, 0.3) is 10.8 Å². The van der Waals surface area contributed by atoms with E-state index in [1.165, 1.54) is 17.1 Å². The highest BCUT2D eigenvalue weighted by molar-refractivity contribution is 5.83. The van der Waals surface area contributed by atoms with Crippen molar-refractivity contribution >= 4 is 10.8 Å². The van der Waals surface area contributed by atoms with Gasteiger partial charge in [0.2, 0.25) is 0 Å². The number of H-pyrrole nitrogens is 1. The van der Waals surface area contributed by atoms with Crippen molar-refractivity contribution in [2.24, 2.45) is 7.05 Å². The zero-order valence-electron chi connectivity index (χ0n) is 13.2. The number of hydrogen-bond donors (Lipinski definition) is 1. The van der Waals surface area contributed by atoms with E-state index in [0.717, 1.165) is 15.5 Å². The smallest absolute Gasteiger partial charge is 0.246 e. The minimum atomic E-state index is -0.403. The first-order valence-corrected chi connectivity index (χ1v) is 7.86. The molecule has 4 rings (SSSR count). The number of rotatable bonds is 2. The number of hydrogen-bond acceptors (Lipinski definition) is 2. The molecular formula is C19H17N3O2. The third-order valence-electron chi connectivity index (χ3n) is 4.58. The van der Waals surface area contributed by atoms with Gasteiger partial charge >= 0.3 is 11.4 Å². The molecule has 3 aromatic rings. The van der Waals surface area contributed by atoms with Crippen LogP contribution in [0, 0.1) is 0 Å². The lowest BCUT2D eigenvalue weighted by molar-refractivity contribution is 0.473. The number of allylic oxidation sites excluding steroid dienone is 4. The van der Waals surface area contributed by atoms with E-state index in [9.17, 15) is 9.59 Å². The minimum absolute atomic E-state index is 0.0182. The lowest BCUT2D eigenvalue weighted by atomic mass is 9.87. The average Bonchev–Trinajstić information content (AvgIpc) is 2.88. The summed E-state index contributed by atoms with van der Waals surface area (Å²) in [5, 5.41) is 4.98. The van der Waals surface area contributed by atoms with Gasteiger partial charge in [-0.25, -0.2) is 23.9 Å². The lowest BCUT2D eigenvalue weighted by Crippen LogP contribution is -2.30. The standard InChI is InChI=1S/C19H17N3O2/c1-21-18(23)20-22(19(21)24)17-9-5-4-8-16(17)15-11-10-13-6-2-3-7-14(13)12-15/h2-12,16-17H,1H3,(H,20,23)/t16-,17+/m1/s1. The van der Waals surface area contributed by atoms with Crippen LogP contribution in [0.4, 0.5) is 0 Å². The molecule has 1 aliphatic rings. The number of fused-ring (bicyclic) bond motifs is 1. The number of aromatic nitrogens is 3. The van der Waals surface area contributed by atoms with Crippen LogP contribution < -0.4 is 11.4 Å². The van der Waals surface area contributed by atoms with Crippen LogP contribution in [-0.4, -0.2) is 14.3 Å². The minimum Gasteiger partial charge on any atom is -0.246 e. The molecule has 120 valence electrons. The summed E-state index contributed by atoms with van der Waals surface area (Å²) < 4.78 is 2.49. The van der Waals surface area contributed by atoms with E-state index in [0.29, 0.717) is 0 Å². The maximum atomic E-state index is 12.3. The third-order valence-corrected chi connectivity index (χ3v) is 4.58. The highest BCUT2D eigenvalue weighted by Crippen LogP contribution is 2.33. The van der Waals surface area contributed by atoms with E-state index in [1.807, 2.05) is 30.4 Å². The Balaban J connectivity index is 1.83. The van der Waals surface area contributed by atoms with Crippen LogP contribution >= 0.6 is 0 Å². The molecule has 1 N–H and O–H groups in total. The molecule has 5 heteroatoms. The number of aromatic amines is 1. The van der Waals surface area contributed by atoms with Crippen molar-refractivity contribution < 1.29 is 0 Å². The third kappa shape index (κ3) is 2.25. The van der Waals surface area contributed by atoms with Gasteiger partial charge in [0.1, 0.15) is 0 Å². The number of nitrogens with zero attached hydrogens (tertiary/aromatic N) is 2. The molecule has 0 saturated heterocycles. The summed E-state index contributed by atoms with van der Waals surface area (Å²) in [7, 11) is 1.48. The van der Waals surface area contributed by atoms with Crippen LogP contribution in [0.5, 0.6) is 0 Å². The van der Waals surface area contributed by atoms with E-state index in [1.54, 1.807) is 0 Å². The van der Waals surface area contributed by atoms with Gasteiger partial charge in [0.25, 0.3) is 0 Å². The van der Waals surface area contributed by atoms with Crippen molar-refractivity contribution in [3.05, 3.63) is 93.3 Å². The van der Waals surface area contributed by atoms with Gasteiger partial charge in [-0.05, 0) is 16.3 Å². The fraction of sp³-hybridized carbons (Fsp3) is 0.158. The molecule has 0 radical (unpaired) electrons. The first kappa shape index (κ1) is 14.5. The van der Waals surface area contributed by atoms with Crippen molar-refractivity contribution in [1.29, 1.82) is 0 Å². The van der Waals surface area contributed by atoms with E-state index in [-0.39, 0.29) is 17.6 Å². The normalized spacial score (nSPS) is 19.9. The van der Waals surface area contributed by atoms with E-state index >= 15 is 0 Å². The summed E-state index contributed by atoms with van der Waals surface area (Å²) in [6.07, 6.45) is 7.88. The van der Waals surface area contributed by atoms with Gasteiger partial charge < -0.3 is 0 Å². The largest absolute Gasteiger partial charge is 0.347 e. The van der Waals surface area contributed by atoms with Crippen molar-refractivity contribution in [2.45, 2.75) is 12.0 Å². The van der Waals surface area contributed by atoms with Crippen LogP contribution in [0.3, 0.4) is 0 Å². The van der Waals surface area contributed by atoms with E-state index in [2.05, 4.69) is 41.5 Å². The molecule has 1 aliphatic carbocycles. The summed E-state index contributed by atoms with van der Waals surface area (Å²) in [4.78, 5) is 24.1. The Hall–Kier alpha value is -3.08. The molecule has 0 aliphatic heterocycles. The Morgan fingerprint density at radius 3 is 2.46 bits per heavy atom. The Kier molecular flexibility index (Phi) is 3.34. The monoisotopic (exact) mass is 319 g/mol. The maximum Gasteiger partial charge on any atom is 0.347 e. The highest BCUT2D eigenvalue weighted by Gasteiger charge is 2.25. The van der Waals surface area contributed by atoms with Crippen LogP contribution in [0.15, 0.2) is 76.4 Å². The summed E-state index contributed by atoms with van der Waals surface area (Å²) in [6, 6.07) is 14.2. The summed E-state index contributed by atoms with van der Waals surface area (Å²) in [5.74, 6) is -0.0182. The molecule has 5 nitrogen and oxygen atoms in total. The molecule has 0 spiro atoms. The van der Waals surface area contributed by atoms with Gasteiger partial charge in [0, 0.05) is 13.0 Å². The molecular weight excluding hydrogens is 302 g/mol. The molecule has 2 aromatic carbocycles. The topological polar surface area (TPSA) is 59.8 Å². The summed E-state index contributed by atoms with van der Waals surface area (Å²) in [6.45, 7) is 0. The first-order chi connectivity index (χ1) is 11.6. The van der Waals surface area contributed by atoms with Gasteiger partial charge in [0.05, 0.1) is 6.04 Å². The second kappa shape index (κ2) is 5.53. The first-order valence-electron chi connectivity index (χ1n) is 7.86. The van der Waals surface area contributed by atoms with Gasteiger partial charge in [-0.1, -0.05) is 66.8 Å². The van der Waals surface area contributed by atoms with Crippen molar-refractivity contribution in [2.75, 3.05) is 0 Å². The van der Waals surface area contributed by atoms with Crippen molar-refractivity contribution in [3.8, 4) is 0 Å². The van der Waals surface area contributed by atoms with Crippen molar-refractivity contribution in [3.63, 3.8) is 0 Å². The average molecular weight is 319 g/mol. The Morgan fingerprint density at radius 1 is 0.958 bits per heavy atom. The predicted molar refractivity (Wildman–Crippen MR) is 94.3 cm³/mol. The Labute approximate surface area is 138 Å².